The van der Waals surface area contributed by atoms with Gasteiger partial charge in [0.2, 0.25) is 0 Å². The summed E-state index contributed by atoms with van der Waals surface area (Å²) in [5, 5.41) is 0. The van der Waals surface area contributed by atoms with Crippen molar-refractivity contribution in [3.63, 3.8) is 0 Å². The van der Waals surface area contributed by atoms with E-state index in [4.69, 9.17) is 5.73 Å². The van der Waals surface area contributed by atoms with Crippen molar-refractivity contribution in [3.8, 4) is 0 Å². The first-order valence-corrected chi connectivity index (χ1v) is 6.56. The Balaban J connectivity index is 2.11. The molecule has 2 N–H and O–H groups in total. The molecule has 0 aliphatic carbocycles. The number of aromatic nitrogens is 2. The third-order valence-electron chi connectivity index (χ3n) is 3.69. The summed E-state index contributed by atoms with van der Waals surface area (Å²) in [6.07, 6.45) is 6.41. The zero-order valence-corrected chi connectivity index (χ0v) is 11.2. The minimum Gasteiger partial charge on any atom is -0.331 e. The zero-order valence-electron chi connectivity index (χ0n) is 11.2. The number of likely N-dealkylation sites (tertiary alicyclic amines) is 1. The molecule has 2 heterocycles. The maximum Gasteiger partial charge on any atom is 0.0949 e. The summed E-state index contributed by atoms with van der Waals surface area (Å²) in [7, 11) is 0. The van der Waals surface area contributed by atoms with Crippen LogP contribution in [0.3, 0.4) is 0 Å². The Morgan fingerprint density at radius 1 is 1.53 bits per heavy atom. The standard InChI is InChI=1S/C13H24N4/c1-4-16-7-5-6-11(16)9-17-10-15-8-12(17)13(2,3)14/h8,10-11H,4-7,9,14H2,1-3H3. The van der Waals surface area contributed by atoms with Crippen LogP contribution in [0.5, 0.6) is 0 Å². The van der Waals surface area contributed by atoms with Crippen molar-refractivity contribution < 1.29 is 0 Å². The Hall–Kier alpha value is -0.870. The summed E-state index contributed by atoms with van der Waals surface area (Å²) < 4.78 is 2.22. The van der Waals surface area contributed by atoms with Crippen molar-refractivity contribution in [1.29, 1.82) is 0 Å². The second-order valence-corrected chi connectivity index (χ2v) is 5.58. The molecule has 4 heteroatoms. The molecule has 1 unspecified atom stereocenters. The molecule has 1 aliphatic rings. The molecule has 0 amide bonds. The first-order chi connectivity index (χ1) is 8.02. The van der Waals surface area contributed by atoms with Crippen LogP contribution in [0.25, 0.3) is 0 Å². The lowest BCUT2D eigenvalue weighted by atomic mass is 10.0. The van der Waals surface area contributed by atoms with Gasteiger partial charge in [0.1, 0.15) is 0 Å². The fourth-order valence-electron chi connectivity index (χ4n) is 2.75. The van der Waals surface area contributed by atoms with Crippen molar-refractivity contribution in [2.75, 3.05) is 13.1 Å². The lowest BCUT2D eigenvalue weighted by molar-refractivity contribution is 0.240. The van der Waals surface area contributed by atoms with Crippen LogP contribution in [-0.2, 0) is 12.1 Å². The summed E-state index contributed by atoms with van der Waals surface area (Å²) in [6.45, 7) is 9.70. The molecule has 1 saturated heterocycles. The van der Waals surface area contributed by atoms with E-state index in [0.29, 0.717) is 6.04 Å². The van der Waals surface area contributed by atoms with Gasteiger partial charge in [0.05, 0.1) is 17.6 Å². The molecule has 0 bridgehead atoms. The molecule has 2 rings (SSSR count). The van der Waals surface area contributed by atoms with E-state index in [1.807, 2.05) is 26.4 Å². The molecule has 1 atom stereocenters. The van der Waals surface area contributed by atoms with Crippen molar-refractivity contribution in [2.24, 2.45) is 5.73 Å². The van der Waals surface area contributed by atoms with E-state index in [1.54, 1.807) is 0 Å². The van der Waals surface area contributed by atoms with Crippen LogP contribution in [-0.4, -0.2) is 33.6 Å². The highest BCUT2D eigenvalue weighted by Crippen LogP contribution is 2.22. The summed E-state index contributed by atoms with van der Waals surface area (Å²) in [4.78, 5) is 6.79. The Labute approximate surface area is 104 Å². The number of imidazole rings is 1. The van der Waals surface area contributed by atoms with Crippen LogP contribution in [0, 0.1) is 0 Å². The molecule has 0 saturated carbocycles. The quantitative estimate of drug-likeness (QED) is 0.863. The topological polar surface area (TPSA) is 47.1 Å². The Morgan fingerprint density at radius 3 is 2.94 bits per heavy atom. The van der Waals surface area contributed by atoms with Gasteiger partial charge in [-0.15, -0.1) is 0 Å². The monoisotopic (exact) mass is 236 g/mol. The first-order valence-electron chi connectivity index (χ1n) is 6.56. The van der Waals surface area contributed by atoms with Crippen molar-refractivity contribution >= 4 is 0 Å². The van der Waals surface area contributed by atoms with Crippen LogP contribution in [0.4, 0.5) is 0 Å². The van der Waals surface area contributed by atoms with Gasteiger partial charge < -0.3 is 10.3 Å². The van der Waals surface area contributed by atoms with Crippen LogP contribution < -0.4 is 5.73 Å². The van der Waals surface area contributed by atoms with Gasteiger partial charge >= 0.3 is 0 Å². The van der Waals surface area contributed by atoms with Gasteiger partial charge in [-0.1, -0.05) is 6.92 Å². The summed E-state index contributed by atoms with van der Waals surface area (Å²) in [6, 6.07) is 0.648. The van der Waals surface area contributed by atoms with Gasteiger partial charge in [-0.3, -0.25) is 4.90 Å². The molecule has 4 nitrogen and oxygen atoms in total. The van der Waals surface area contributed by atoms with Gasteiger partial charge in [-0.2, -0.15) is 0 Å². The van der Waals surface area contributed by atoms with Crippen molar-refractivity contribution in [1.82, 2.24) is 14.5 Å². The smallest absolute Gasteiger partial charge is 0.0949 e. The predicted molar refractivity (Wildman–Crippen MR) is 69.7 cm³/mol. The molecule has 0 radical (unpaired) electrons. The van der Waals surface area contributed by atoms with Gasteiger partial charge in [0.15, 0.2) is 0 Å². The van der Waals surface area contributed by atoms with E-state index in [2.05, 4.69) is 21.4 Å². The van der Waals surface area contributed by atoms with Crippen molar-refractivity contribution in [3.05, 3.63) is 18.2 Å². The maximum atomic E-state index is 6.17. The van der Waals surface area contributed by atoms with E-state index < -0.39 is 0 Å². The van der Waals surface area contributed by atoms with E-state index in [-0.39, 0.29) is 5.54 Å². The van der Waals surface area contributed by atoms with Crippen LogP contribution in [0.1, 0.15) is 39.3 Å². The van der Waals surface area contributed by atoms with E-state index in [0.717, 1.165) is 18.8 Å². The summed E-state index contributed by atoms with van der Waals surface area (Å²) in [5.74, 6) is 0. The normalized spacial score (nSPS) is 22.2. The molecule has 1 aliphatic heterocycles. The highest BCUT2D eigenvalue weighted by Gasteiger charge is 2.26. The molecular weight excluding hydrogens is 212 g/mol. The number of hydrogen-bond acceptors (Lipinski definition) is 3. The van der Waals surface area contributed by atoms with E-state index in [1.165, 1.54) is 19.4 Å². The maximum absolute atomic E-state index is 6.17. The van der Waals surface area contributed by atoms with Crippen molar-refractivity contribution in [2.45, 2.75) is 51.7 Å². The lowest BCUT2D eigenvalue weighted by Gasteiger charge is -2.26. The van der Waals surface area contributed by atoms with Gasteiger partial charge in [-0.25, -0.2) is 4.98 Å². The van der Waals surface area contributed by atoms with E-state index >= 15 is 0 Å². The van der Waals surface area contributed by atoms with Crippen LogP contribution in [0.2, 0.25) is 0 Å². The van der Waals surface area contributed by atoms with Gasteiger partial charge in [-0.05, 0) is 39.8 Å². The average Bonchev–Trinajstić information content (AvgIpc) is 2.85. The largest absolute Gasteiger partial charge is 0.331 e. The van der Waals surface area contributed by atoms with Crippen LogP contribution in [0.15, 0.2) is 12.5 Å². The number of rotatable bonds is 4. The first kappa shape index (κ1) is 12.6. The minimum atomic E-state index is -0.313. The number of nitrogens with zero attached hydrogens (tertiary/aromatic N) is 3. The molecule has 96 valence electrons. The highest BCUT2D eigenvalue weighted by molar-refractivity contribution is 5.10. The predicted octanol–water partition coefficient (Wildman–Crippen LogP) is 1.56. The molecule has 17 heavy (non-hydrogen) atoms. The second kappa shape index (κ2) is 4.78. The molecule has 1 aromatic rings. The highest BCUT2D eigenvalue weighted by atomic mass is 15.2. The molecule has 1 aromatic heterocycles. The molecule has 1 fully saturated rings. The minimum absolute atomic E-state index is 0.313. The number of hydrogen-bond donors (Lipinski definition) is 1. The third kappa shape index (κ3) is 2.69. The van der Waals surface area contributed by atoms with Crippen LogP contribution >= 0.6 is 0 Å². The van der Waals surface area contributed by atoms with E-state index in [9.17, 15) is 0 Å². The average molecular weight is 236 g/mol. The van der Waals surface area contributed by atoms with Gasteiger partial charge in [0, 0.05) is 18.8 Å². The number of nitrogens with two attached hydrogens (primary N) is 1. The Morgan fingerprint density at radius 2 is 2.29 bits per heavy atom. The second-order valence-electron chi connectivity index (χ2n) is 5.58. The Kier molecular flexibility index (Phi) is 3.54. The number of likely N-dealkylation sites (N-methyl/N-ethyl adjacent to an activating group) is 1. The third-order valence-corrected chi connectivity index (χ3v) is 3.69. The fourth-order valence-corrected chi connectivity index (χ4v) is 2.75. The molecule has 0 spiro atoms. The lowest BCUT2D eigenvalue weighted by Crippen LogP contribution is -2.36. The van der Waals surface area contributed by atoms with Gasteiger partial charge in [0.25, 0.3) is 0 Å². The Bertz CT molecular complexity index is 364. The molecule has 0 aromatic carbocycles. The molecular formula is C13H24N4. The SMILES string of the molecule is CCN1CCCC1Cn1cncc1C(C)(C)N. The summed E-state index contributed by atoms with van der Waals surface area (Å²) >= 11 is 0. The zero-order chi connectivity index (χ0) is 12.5. The fraction of sp³-hybridized carbons (Fsp3) is 0.769. The summed E-state index contributed by atoms with van der Waals surface area (Å²) in [5.41, 5.74) is 6.98.